The lowest BCUT2D eigenvalue weighted by atomic mass is 10.2. The third-order valence-electron chi connectivity index (χ3n) is 2.58. The van der Waals surface area contributed by atoms with Crippen molar-refractivity contribution in [2.75, 3.05) is 26.3 Å². The number of nitrogens with zero attached hydrogens (tertiary/aromatic N) is 1. The van der Waals surface area contributed by atoms with Crippen LogP contribution in [-0.4, -0.2) is 59.5 Å². The van der Waals surface area contributed by atoms with Crippen molar-refractivity contribution in [3.63, 3.8) is 0 Å². The van der Waals surface area contributed by atoms with Gasteiger partial charge in [-0.1, -0.05) is 0 Å². The molecule has 0 radical (unpaired) electrons. The van der Waals surface area contributed by atoms with E-state index in [0.717, 1.165) is 19.4 Å². The fourth-order valence-corrected chi connectivity index (χ4v) is 1.88. The van der Waals surface area contributed by atoms with E-state index in [0.29, 0.717) is 13.2 Å². The van der Waals surface area contributed by atoms with Gasteiger partial charge < -0.3 is 14.9 Å². The van der Waals surface area contributed by atoms with Crippen molar-refractivity contribution in [3.05, 3.63) is 0 Å². The first-order valence-electron chi connectivity index (χ1n) is 5.38. The van der Waals surface area contributed by atoms with Crippen LogP contribution in [0.1, 0.15) is 19.8 Å². The van der Waals surface area contributed by atoms with Gasteiger partial charge in [0.25, 0.3) is 0 Å². The van der Waals surface area contributed by atoms with Gasteiger partial charge in [-0.3, -0.25) is 9.69 Å². The summed E-state index contributed by atoms with van der Waals surface area (Å²) in [6.45, 7) is 3.00. The second-order valence-corrected chi connectivity index (χ2v) is 3.74. The third kappa shape index (κ3) is 3.44. The summed E-state index contributed by atoms with van der Waals surface area (Å²) in [5, 5.41) is 18.0. The molecular weight excluding hydrogens is 198 g/mol. The van der Waals surface area contributed by atoms with Crippen LogP contribution in [0.15, 0.2) is 0 Å². The normalized spacial score (nSPS) is 24.1. The minimum absolute atomic E-state index is 0.222. The van der Waals surface area contributed by atoms with Crippen molar-refractivity contribution in [2.45, 2.75) is 31.9 Å². The number of hydrogen-bond acceptors (Lipinski definition) is 5. The van der Waals surface area contributed by atoms with Crippen molar-refractivity contribution >= 4 is 5.97 Å². The second-order valence-electron chi connectivity index (χ2n) is 3.74. The second kappa shape index (κ2) is 6.05. The summed E-state index contributed by atoms with van der Waals surface area (Å²) in [5.41, 5.74) is 0. The first-order chi connectivity index (χ1) is 7.19. The molecule has 5 nitrogen and oxygen atoms in total. The summed E-state index contributed by atoms with van der Waals surface area (Å²) >= 11 is 0. The smallest absolute Gasteiger partial charge is 0.323 e. The van der Waals surface area contributed by atoms with Gasteiger partial charge in [0, 0.05) is 6.54 Å². The van der Waals surface area contributed by atoms with Crippen LogP contribution in [0.25, 0.3) is 0 Å². The Bertz CT molecular complexity index is 210. The molecule has 0 aliphatic carbocycles. The lowest BCUT2D eigenvalue weighted by Gasteiger charge is -2.24. The van der Waals surface area contributed by atoms with Crippen molar-refractivity contribution in [1.29, 1.82) is 0 Å². The number of esters is 1. The van der Waals surface area contributed by atoms with Crippen LogP contribution >= 0.6 is 0 Å². The third-order valence-corrected chi connectivity index (χ3v) is 2.58. The Hall–Kier alpha value is -0.650. The van der Waals surface area contributed by atoms with Gasteiger partial charge in [-0.25, -0.2) is 0 Å². The van der Waals surface area contributed by atoms with Crippen molar-refractivity contribution in [1.82, 2.24) is 4.90 Å². The molecule has 15 heavy (non-hydrogen) atoms. The highest BCUT2D eigenvalue weighted by Crippen LogP contribution is 2.18. The van der Waals surface area contributed by atoms with Gasteiger partial charge in [0.15, 0.2) is 0 Å². The summed E-state index contributed by atoms with van der Waals surface area (Å²) in [5.74, 6) is -0.222. The van der Waals surface area contributed by atoms with Gasteiger partial charge in [-0.05, 0) is 26.3 Å². The number of aliphatic hydroxyl groups excluding tert-OH is 2. The monoisotopic (exact) mass is 217 g/mol. The average Bonchev–Trinajstić information content (AvgIpc) is 2.66. The SMILES string of the molecule is CCOC(=O)C1CCCN1CC(O)CO. The van der Waals surface area contributed by atoms with Crippen molar-refractivity contribution in [3.8, 4) is 0 Å². The summed E-state index contributed by atoms with van der Waals surface area (Å²) in [6, 6.07) is -0.244. The Labute approximate surface area is 89.6 Å². The highest BCUT2D eigenvalue weighted by Gasteiger charge is 2.32. The molecule has 0 amide bonds. The average molecular weight is 217 g/mol. The summed E-state index contributed by atoms with van der Waals surface area (Å²) in [7, 11) is 0. The lowest BCUT2D eigenvalue weighted by molar-refractivity contribution is -0.148. The topological polar surface area (TPSA) is 70.0 Å². The standard InChI is InChI=1S/C10H19NO4/c1-2-15-10(14)9-4-3-5-11(9)6-8(13)7-12/h8-9,12-13H,2-7H2,1H3. The predicted octanol–water partition coefficient (Wildman–Crippen LogP) is -0.633. The van der Waals surface area contributed by atoms with Gasteiger partial charge in [-0.2, -0.15) is 0 Å². The number of hydrogen-bond donors (Lipinski definition) is 2. The molecule has 1 heterocycles. The van der Waals surface area contributed by atoms with Crippen molar-refractivity contribution in [2.24, 2.45) is 0 Å². The summed E-state index contributed by atoms with van der Waals surface area (Å²) < 4.78 is 4.95. The number of aliphatic hydroxyl groups is 2. The van der Waals surface area contributed by atoms with Crippen LogP contribution in [0, 0.1) is 0 Å². The van der Waals surface area contributed by atoms with E-state index in [1.165, 1.54) is 0 Å². The zero-order chi connectivity index (χ0) is 11.3. The predicted molar refractivity (Wildman–Crippen MR) is 54.3 cm³/mol. The van der Waals surface area contributed by atoms with E-state index >= 15 is 0 Å². The Balaban J connectivity index is 2.45. The molecule has 1 aliphatic heterocycles. The molecule has 2 unspecified atom stereocenters. The van der Waals surface area contributed by atoms with Crippen molar-refractivity contribution < 1.29 is 19.7 Å². The van der Waals surface area contributed by atoms with Crippen LogP contribution in [0.4, 0.5) is 0 Å². The largest absolute Gasteiger partial charge is 0.465 e. The molecule has 0 bridgehead atoms. The number of ether oxygens (including phenoxy) is 1. The highest BCUT2D eigenvalue weighted by molar-refractivity contribution is 5.76. The molecular formula is C10H19NO4. The van der Waals surface area contributed by atoms with Crippen LogP contribution in [0.2, 0.25) is 0 Å². The Morgan fingerprint density at radius 1 is 1.67 bits per heavy atom. The molecule has 0 saturated carbocycles. The van der Waals surface area contributed by atoms with Gasteiger partial charge in [0.1, 0.15) is 6.04 Å². The molecule has 1 aliphatic rings. The van der Waals surface area contributed by atoms with E-state index in [9.17, 15) is 9.90 Å². The molecule has 0 aromatic carbocycles. The van der Waals surface area contributed by atoms with Gasteiger partial charge in [-0.15, -0.1) is 0 Å². The van der Waals surface area contributed by atoms with E-state index in [4.69, 9.17) is 9.84 Å². The molecule has 1 saturated heterocycles. The summed E-state index contributed by atoms with van der Waals surface area (Å²) in [6.07, 6.45) is 0.929. The minimum Gasteiger partial charge on any atom is -0.465 e. The fourth-order valence-electron chi connectivity index (χ4n) is 1.88. The molecule has 1 rings (SSSR count). The molecule has 5 heteroatoms. The fraction of sp³-hybridized carbons (Fsp3) is 0.900. The maximum absolute atomic E-state index is 11.5. The van der Waals surface area contributed by atoms with Gasteiger partial charge in [0.05, 0.1) is 19.3 Å². The molecule has 88 valence electrons. The van der Waals surface area contributed by atoms with Crippen LogP contribution in [0.5, 0.6) is 0 Å². The minimum atomic E-state index is -0.778. The summed E-state index contributed by atoms with van der Waals surface area (Å²) in [4.78, 5) is 13.4. The van der Waals surface area contributed by atoms with Gasteiger partial charge >= 0.3 is 5.97 Å². The number of likely N-dealkylation sites (tertiary alicyclic amines) is 1. The Morgan fingerprint density at radius 3 is 3.00 bits per heavy atom. The first-order valence-corrected chi connectivity index (χ1v) is 5.38. The van der Waals surface area contributed by atoms with E-state index in [-0.39, 0.29) is 18.6 Å². The Kier molecular flexibility index (Phi) is 5.01. The number of carbonyl (C=O) groups is 1. The molecule has 0 aromatic rings. The molecule has 0 spiro atoms. The zero-order valence-electron chi connectivity index (χ0n) is 9.06. The molecule has 1 fully saturated rings. The zero-order valence-corrected chi connectivity index (χ0v) is 9.06. The quantitative estimate of drug-likeness (QED) is 0.600. The lowest BCUT2D eigenvalue weighted by Crippen LogP contribution is -2.42. The molecule has 2 atom stereocenters. The Morgan fingerprint density at radius 2 is 2.40 bits per heavy atom. The number of β-amino-alcohol motifs (C(OH)–C–C–N with tert-alkyl or cyclic N) is 1. The first kappa shape index (κ1) is 12.4. The van der Waals surface area contributed by atoms with Crippen LogP contribution < -0.4 is 0 Å². The van der Waals surface area contributed by atoms with Crippen LogP contribution in [0.3, 0.4) is 0 Å². The van der Waals surface area contributed by atoms with Crippen LogP contribution in [-0.2, 0) is 9.53 Å². The van der Waals surface area contributed by atoms with E-state index in [1.807, 2.05) is 4.90 Å². The molecule has 0 aromatic heterocycles. The van der Waals surface area contributed by atoms with E-state index in [2.05, 4.69) is 0 Å². The highest BCUT2D eigenvalue weighted by atomic mass is 16.5. The van der Waals surface area contributed by atoms with E-state index < -0.39 is 6.10 Å². The van der Waals surface area contributed by atoms with Gasteiger partial charge in [0.2, 0.25) is 0 Å². The van der Waals surface area contributed by atoms with E-state index in [1.54, 1.807) is 6.92 Å². The molecule has 2 N–H and O–H groups in total. The number of rotatable bonds is 5. The maximum Gasteiger partial charge on any atom is 0.323 e. The maximum atomic E-state index is 11.5. The number of carbonyl (C=O) groups excluding carboxylic acids is 1.